The van der Waals surface area contributed by atoms with E-state index in [-0.39, 0.29) is 0 Å². The number of allylic oxidation sites excluding steroid dienone is 2. The van der Waals surface area contributed by atoms with E-state index in [1.165, 1.54) is 27.3 Å². The largest absolute Gasteiger partial charge is 0.464 e. The molecule has 1 heteroatoms. The predicted octanol–water partition coefficient (Wildman–Crippen LogP) is 5.40. The molecule has 0 saturated carbocycles. The molecule has 0 aliphatic rings. The van der Waals surface area contributed by atoms with Gasteiger partial charge in [-0.3, -0.25) is 0 Å². The Labute approximate surface area is 107 Å². The molecule has 0 atom stereocenters. The van der Waals surface area contributed by atoms with E-state index in [0.29, 0.717) is 0 Å². The van der Waals surface area contributed by atoms with Gasteiger partial charge in [0.15, 0.2) is 0 Å². The van der Waals surface area contributed by atoms with Crippen LogP contribution in [0.2, 0.25) is 0 Å². The summed E-state index contributed by atoms with van der Waals surface area (Å²) in [4.78, 5) is 0. The average molecular weight is 236 g/mol. The standard InChI is InChI=1S/C17H16O/c1-3-6-12(2)15-11-18-16-10-9-13-7-4-5-8-14(13)17(15)16/h4-11H,3H2,1-2H3. The Balaban J connectivity index is 2.41. The van der Waals surface area contributed by atoms with Crippen LogP contribution in [0.4, 0.5) is 0 Å². The van der Waals surface area contributed by atoms with Crippen LogP contribution < -0.4 is 0 Å². The van der Waals surface area contributed by atoms with Gasteiger partial charge < -0.3 is 4.42 Å². The van der Waals surface area contributed by atoms with Gasteiger partial charge in [0.1, 0.15) is 5.58 Å². The highest BCUT2D eigenvalue weighted by molar-refractivity contribution is 6.10. The van der Waals surface area contributed by atoms with E-state index in [4.69, 9.17) is 4.42 Å². The quantitative estimate of drug-likeness (QED) is 0.580. The minimum absolute atomic E-state index is 0.965. The van der Waals surface area contributed by atoms with Crippen LogP contribution >= 0.6 is 0 Å². The first-order valence-corrected chi connectivity index (χ1v) is 6.37. The van der Waals surface area contributed by atoms with Gasteiger partial charge in [0.2, 0.25) is 0 Å². The minimum Gasteiger partial charge on any atom is -0.464 e. The molecule has 90 valence electrons. The maximum atomic E-state index is 5.68. The van der Waals surface area contributed by atoms with Crippen molar-refractivity contribution < 1.29 is 4.42 Å². The smallest absolute Gasteiger partial charge is 0.135 e. The summed E-state index contributed by atoms with van der Waals surface area (Å²) in [6.45, 7) is 4.31. The Hall–Kier alpha value is -2.02. The molecule has 3 aromatic rings. The van der Waals surface area contributed by atoms with Crippen molar-refractivity contribution in [2.75, 3.05) is 0 Å². The summed E-state index contributed by atoms with van der Waals surface area (Å²) in [6.07, 6.45) is 5.16. The second kappa shape index (κ2) is 4.34. The van der Waals surface area contributed by atoms with Crippen LogP contribution in [-0.2, 0) is 0 Å². The van der Waals surface area contributed by atoms with E-state index in [1.54, 1.807) is 0 Å². The number of benzene rings is 2. The Morgan fingerprint density at radius 3 is 2.83 bits per heavy atom. The van der Waals surface area contributed by atoms with E-state index in [1.807, 2.05) is 6.26 Å². The summed E-state index contributed by atoms with van der Waals surface area (Å²) in [5.74, 6) is 0. The minimum atomic E-state index is 0.965. The van der Waals surface area contributed by atoms with Gasteiger partial charge in [0.05, 0.1) is 6.26 Å². The van der Waals surface area contributed by atoms with Crippen molar-refractivity contribution >= 4 is 27.3 Å². The Morgan fingerprint density at radius 2 is 2.00 bits per heavy atom. The van der Waals surface area contributed by atoms with Crippen LogP contribution in [0, 0.1) is 0 Å². The number of furan rings is 1. The summed E-state index contributed by atoms with van der Waals surface area (Å²) in [6, 6.07) is 12.6. The first-order valence-electron chi connectivity index (χ1n) is 6.37. The second-order valence-electron chi connectivity index (χ2n) is 4.60. The molecular weight excluding hydrogens is 220 g/mol. The molecule has 1 heterocycles. The van der Waals surface area contributed by atoms with Crippen molar-refractivity contribution in [2.24, 2.45) is 0 Å². The normalized spacial score (nSPS) is 12.4. The average Bonchev–Trinajstić information content (AvgIpc) is 2.83. The van der Waals surface area contributed by atoms with Gasteiger partial charge in [-0.15, -0.1) is 0 Å². The van der Waals surface area contributed by atoms with Crippen molar-refractivity contribution in [3.63, 3.8) is 0 Å². The highest BCUT2D eigenvalue weighted by Gasteiger charge is 2.10. The van der Waals surface area contributed by atoms with Gasteiger partial charge in [-0.05, 0) is 35.8 Å². The lowest BCUT2D eigenvalue weighted by Crippen LogP contribution is -1.79. The summed E-state index contributed by atoms with van der Waals surface area (Å²) in [5.41, 5.74) is 3.46. The lowest BCUT2D eigenvalue weighted by Gasteiger charge is -2.02. The second-order valence-corrected chi connectivity index (χ2v) is 4.60. The molecule has 0 aliphatic carbocycles. The fourth-order valence-corrected chi connectivity index (χ4v) is 2.52. The highest BCUT2D eigenvalue weighted by Crippen LogP contribution is 2.33. The maximum absolute atomic E-state index is 5.68. The van der Waals surface area contributed by atoms with E-state index in [9.17, 15) is 0 Å². The number of rotatable bonds is 2. The fourth-order valence-electron chi connectivity index (χ4n) is 2.52. The SMILES string of the molecule is CCC=C(C)c1coc2ccc3ccccc3c12. The molecule has 0 unspecified atom stereocenters. The molecule has 0 amide bonds. The molecule has 0 spiro atoms. The topological polar surface area (TPSA) is 13.1 Å². The first kappa shape index (κ1) is 11.1. The van der Waals surface area contributed by atoms with Crippen molar-refractivity contribution in [1.82, 2.24) is 0 Å². The van der Waals surface area contributed by atoms with Crippen molar-refractivity contribution in [3.8, 4) is 0 Å². The maximum Gasteiger partial charge on any atom is 0.135 e. The summed E-state index contributed by atoms with van der Waals surface area (Å²) < 4.78 is 5.68. The van der Waals surface area contributed by atoms with E-state index >= 15 is 0 Å². The van der Waals surface area contributed by atoms with Crippen LogP contribution in [0.5, 0.6) is 0 Å². The van der Waals surface area contributed by atoms with Crippen LogP contribution in [0.15, 0.2) is 53.2 Å². The lowest BCUT2D eigenvalue weighted by molar-refractivity contribution is 0.615. The molecule has 0 radical (unpaired) electrons. The number of hydrogen-bond acceptors (Lipinski definition) is 1. The third-order valence-electron chi connectivity index (χ3n) is 3.40. The number of hydrogen-bond donors (Lipinski definition) is 0. The van der Waals surface area contributed by atoms with Gasteiger partial charge in [-0.1, -0.05) is 43.3 Å². The highest BCUT2D eigenvalue weighted by atomic mass is 16.3. The van der Waals surface area contributed by atoms with Gasteiger partial charge in [0.25, 0.3) is 0 Å². The van der Waals surface area contributed by atoms with Crippen LogP contribution in [0.1, 0.15) is 25.8 Å². The van der Waals surface area contributed by atoms with Crippen molar-refractivity contribution in [2.45, 2.75) is 20.3 Å². The lowest BCUT2D eigenvalue weighted by atomic mass is 10.00. The fraction of sp³-hybridized carbons (Fsp3) is 0.176. The van der Waals surface area contributed by atoms with Gasteiger partial charge >= 0.3 is 0 Å². The number of fused-ring (bicyclic) bond motifs is 3. The summed E-state index contributed by atoms with van der Waals surface area (Å²) in [5, 5.41) is 3.76. The van der Waals surface area contributed by atoms with Crippen LogP contribution in [0.25, 0.3) is 27.3 Å². The molecule has 0 bridgehead atoms. The summed E-state index contributed by atoms with van der Waals surface area (Å²) in [7, 11) is 0. The Morgan fingerprint density at radius 1 is 1.17 bits per heavy atom. The molecule has 0 aliphatic heterocycles. The zero-order valence-corrected chi connectivity index (χ0v) is 10.7. The molecule has 3 rings (SSSR count). The van der Waals surface area contributed by atoms with Crippen LogP contribution in [-0.4, -0.2) is 0 Å². The molecule has 1 aromatic heterocycles. The van der Waals surface area contributed by atoms with E-state index < -0.39 is 0 Å². The molecule has 0 saturated heterocycles. The Kier molecular flexibility index (Phi) is 2.67. The van der Waals surface area contributed by atoms with E-state index in [2.05, 4.69) is 56.3 Å². The third kappa shape index (κ3) is 1.63. The monoisotopic (exact) mass is 236 g/mol. The van der Waals surface area contributed by atoms with Gasteiger partial charge in [-0.2, -0.15) is 0 Å². The van der Waals surface area contributed by atoms with Crippen LogP contribution in [0.3, 0.4) is 0 Å². The zero-order chi connectivity index (χ0) is 12.5. The predicted molar refractivity (Wildman–Crippen MR) is 77.7 cm³/mol. The first-order chi connectivity index (χ1) is 8.81. The Bertz CT molecular complexity index is 732. The molecule has 0 N–H and O–H groups in total. The molecule has 18 heavy (non-hydrogen) atoms. The van der Waals surface area contributed by atoms with Crippen molar-refractivity contribution in [3.05, 3.63) is 54.3 Å². The van der Waals surface area contributed by atoms with Crippen molar-refractivity contribution in [1.29, 1.82) is 0 Å². The van der Waals surface area contributed by atoms with E-state index in [0.717, 1.165) is 12.0 Å². The van der Waals surface area contributed by atoms with Gasteiger partial charge in [-0.25, -0.2) is 0 Å². The molecule has 2 aromatic carbocycles. The van der Waals surface area contributed by atoms with Gasteiger partial charge in [0, 0.05) is 10.9 Å². The summed E-state index contributed by atoms with van der Waals surface area (Å²) >= 11 is 0. The molecule has 0 fully saturated rings. The zero-order valence-electron chi connectivity index (χ0n) is 10.7. The molecule has 1 nitrogen and oxygen atoms in total. The third-order valence-corrected chi connectivity index (χ3v) is 3.40. The molecular formula is C17H16O.